The van der Waals surface area contributed by atoms with Gasteiger partial charge in [0.2, 0.25) is 5.91 Å². The Morgan fingerprint density at radius 2 is 2.16 bits per heavy atom. The van der Waals surface area contributed by atoms with Gasteiger partial charge >= 0.3 is 0 Å². The Labute approximate surface area is 114 Å². The Morgan fingerprint density at radius 1 is 1.42 bits per heavy atom. The van der Waals surface area contributed by atoms with Crippen LogP contribution in [0.1, 0.15) is 18.4 Å². The van der Waals surface area contributed by atoms with Crippen LogP contribution >= 0.6 is 0 Å². The molecule has 0 aromatic heterocycles. The molecule has 1 unspecified atom stereocenters. The van der Waals surface area contributed by atoms with Crippen molar-refractivity contribution < 1.29 is 9.53 Å². The van der Waals surface area contributed by atoms with E-state index >= 15 is 0 Å². The molecule has 1 aliphatic heterocycles. The highest BCUT2D eigenvalue weighted by Gasteiger charge is 2.27. The molecule has 4 nitrogen and oxygen atoms in total. The van der Waals surface area contributed by atoms with E-state index in [-0.39, 0.29) is 5.91 Å². The maximum Gasteiger partial charge on any atom is 0.227 e. The topological polar surface area (TPSA) is 41.6 Å². The summed E-state index contributed by atoms with van der Waals surface area (Å²) < 4.78 is 5.12. The molecule has 2 rings (SSSR count). The molecule has 0 spiro atoms. The van der Waals surface area contributed by atoms with E-state index in [1.807, 2.05) is 36.2 Å². The average molecular weight is 262 g/mol. The SMILES string of the molecule is CNCC1CCCN1C(=O)Cc1ccc(OC)cc1. The van der Waals surface area contributed by atoms with Crippen LogP contribution in [-0.2, 0) is 11.2 Å². The number of ether oxygens (including phenoxy) is 1. The van der Waals surface area contributed by atoms with E-state index in [0.717, 1.165) is 37.2 Å². The van der Waals surface area contributed by atoms with Crippen LogP contribution in [0.25, 0.3) is 0 Å². The van der Waals surface area contributed by atoms with Crippen LogP contribution in [-0.4, -0.2) is 44.1 Å². The lowest BCUT2D eigenvalue weighted by Crippen LogP contribution is -2.41. The molecule has 1 saturated heterocycles. The molecule has 0 radical (unpaired) electrons. The highest BCUT2D eigenvalue weighted by molar-refractivity contribution is 5.79. The zero-order valence-electron chi connectivity index (χ0n) is 11.7. The van der Waals surface area contributed by atoms with Gasteiger partial charge in [-0.05, 0) is 37.6 Å². The predicted octanol–water partition coefficient (Wildman–Crippen LogP) is 1.45. The number of hydrogen-bond acceptors (Lipinski definition) is 3. The first kappa shape index (κ1) is 13.9. The van der Waals surface area contributed by atoms with Gasteiger partial charge in [-0.25, -0.2) is 0 Å². The van der Waals surface area contributed by atoms with Gasteiger partial charge in [0, 0.05) is 19.1 Å². The Kier molecular flexibility index (Phi) is 4.80. The van der Waals surface area contributed by atoms with Gasteiger partial charge in [0.15, 0.2) is 0 Å². The molecule has 1 aromatic rings. The van der Waals surface area contributed by atoms with Crippen LogP contribution in [0.5, 0.6) is 5.75 Å². The first-order valence-corrected chi connectivity index (χ1v) is 6.81. The molecule has 19 heavy (non-hydrogen) atoms. The number of carbonyl (C=O) groups excluding carboxylic acids is 1. The molecule has 1 aliphatic rings. The van der Waals surface area contributed by atoms with Crippen molar-refractivity contribution >= 4 is 5.91 Å². The molecule has 104 valence electrons. The summed E-state index contributed by atoms with van der Waals surface area (Å²) in [4.78, 5) is 14.3. The lowest BCUT2D eigenvalue weighted by Gasteiger charge is -2.24. The highest BCUT2D eigenvalue weighted by Crippen LogP contribution is 2.19. The van der Waals surface area contributed by atoms with Crippen LogP contribution in [0.4, 0.5) is 0 Å². The van der Waals surface area contributed by atoms with Crippen LogP contribution in [0.3, 0.4) is 0 Å². The van der Waals surface area contributed by atoms with E-state index in [9.17, 15) is 4.79 Å². The van der Waals surface area contributed by atoms with E-state index in [0.29, 0.717) is 12.5 Å². The molecule has 1 amide bonds. The number of nitrogens with zero attached hydrogens (tertiary/aromatic N) is 1. The molecular formula is C15H22N2O2. The van der Waals surface area contributed by atoms with Crippen LogP contribution in [0.15, 0.2) is 24.3 Å². The first-order valence-electron chi connectivity index (χ1n) is 6.81. The minimum atomic E-state index is 0.225. The third-order valence-corrected chi connectivity index (χ3v) is 3.65. The predicted molar refractivity (Wildman–Crippen MR) is 75.4 cm³/mol. The summed E-state index contributed by atoms with van der Waals surface area (Å²) in [7, 11) is 3.58. The summed E-state index contributed by atoms with van der Waals surface area (Å²) in [5.41, 5.74) is 1.04. The molecule has 0 bridgehead atoms. The number of likely N-dealkylation sites (tertiary alicyclic amines) is 1. The second-order valence-electron chi connectivity index (χ2n) is 4.97. The highest BCUT2D eigenvalue weighted by atomic mass is 16.5. The molecule has 1 heterocycles. The van der Waals surface area contributed by atoms with Crippen molar-refractivity contribution in [3.63, 3.8) is 0 Å². The molecule has 1 aromatic carbocycles. The molecule has 4 heteroatoms. The largest absolute Gasteiger partial charge is 0.497 e. The number of methoxy groups -OCH3 is 1. The van der Waals surface area contributed by atoms with Gasteiger partial charge in [-0.15, -0.1) is 0 Å². The zero-order valence-corrected chi connectivity index (χ0v) is 11.7. The van der Waals surface area contributed by atoms with Gasteiger partial charge in [0.25, 0.3) is 0 Å². The molecule has 1 N–H and O–H groups in total. The average Bonchev–Trinajstić information content (AvgIpc) is 2.88. The maximum atomic E-state index is 12.3. The molecular weight excluding hydrogens is 240 g/mol. The van der Waals surface area contributed by atoms with Crippen molar-refractivity contribution in [2.45, 2.75) is 25.3 Å². The number of hydrogen-bond donors (Lipinski definition) is 1. The smallest absolute Gasteiger partial charge is 0.227 e. The normalized spacial score (nSPS) is 18.6. The monoisotopic (exact) mass is 262 g/mol. The van der Waals surface area contributed by atoms with Crippen molar-refractivity contribution in [1.82, 2.24) is 10.2 Å². The quantitative estimate of drug-likeness (QED) is 0.873. The second-order valence-corrected chi connectivity index (χ2v) is 4.97. The van der Waals surface area contributed by atoms with E-state index in [1.54, 1.807) is 7.11 Å². The fraction of sp³-hybridized carbons (Fsp3) is 0.533. The van der Waals surface area contributed by atoms with Crippen molar-refractivity contribution in [2.75, 3.05) is 27.2 Å². The Bertz CT molecular complexity index is 417. The summed E-state index contributed by atoms with van der Waals surface area (Å²) in [5.74, 6) is 1.05. The summed E-state index contributed by atoms with van der Waals surface area (Å²) in [6.07, 6.45) is 2.69. The fourth-order valence-corrected chi connectivity index (χ4v) is 2.63. The van der Waals surface area contributed by atoms with Crippen molar-refractivity contribution in [2.24, 2.45) is 0 Å². The van der Waals surface area contributed by atoms with E-state index in [1.165, 1.54) is 0 Å². The van der Waals surface area contributed by atoms with Crippen LogP contribution < -0.4 is 10.1 Å². The summed E-state index contributed by atoms with van der Waals surface area (Å²) in [6.45, 7) is 1.77. The number of amides is 1. The molecule has 1 atom stereocenters. The van der Waals surface area contributed by atoms with Crippen molar-refractivity contribution in [3.05, 3.63) is 29.8 Å². The Hall–Kier alpha value is -1.55. The number of benzene rings is 1. The zero-order chi connectivity index (χ0) is 13.7. The summed E-state index contributed by atoms with van der Waals surface area (Å²) in [5, 5.41) is 3.16. The number of likely N-dealkylation sites (N-methyl/N-ethyl adjacent to an activating group) is 1. The van der Waals surface area contributed by atoms with Crippen molar-refractivity contribution in [1.29, 1.82) is 0 Å². The van der Waals surface area contributed by atoms with E-state index < -0.39 is 0 Å². The van der Waals surface area contributed by atoms with E-state index in [4.69, 9.17) is 4.74 Å². The van der Waals surface area contributed by atoms with Gasteiger partial charge in [-0.3, -0.25) is 4.79 Å². The van der Waals surface area contributed by atoms with Gasteiger partial charge in [-0.1, -0.05) is 12.1 Å². The molecule has 0 aliphatic carbocycles. The summed E-state index contributed by atoms with van der Waals surface area (Å²) in [6, 6.07) is 8.07. The number of carbonyl (C=O) groups is 1. The minimum absolute atomic E-state index is 0.225. The Morgan fingerprint density at radius 3 is 2.79 bits per heavy atom. The summed E-state index contributed by atoms with van der Waals surface area (Å²) >= 11 is 0. The van der Waals surface area contributed by atoms with E-state index in [2.05, 4.69) is 5.32 Å². The van der Waals surface area contributed by atoms with Crippen molar-refractivity contribution in [3.8, 4) is 5.75 Å². The maximum absolute atomic E-state index is 12.3. The molecule has 1 fully saturated rings. The minimum Gasteiger partial charge on any atom is -0.497 e. The third kappa shape index (κ3) is 3.47. The van der Waals surface area contributed by atoms with Gasteiger partial charge in [-0.2, -0.15) is 0 Å². The number of nitrogens with one attached hydrogen (secondary N) is 1. The van der Waals surface area contributed by atoms with Crippen LogP contribution in [0, 0.1) is 0 Å². The van der Waals surface area contributed by atoms with Gasteiger partial charge in [0.05, 0.1) is 13.5 Å². The second kappa shape index (κ2) is 6.57. The van der Waals surface area contributed by atoms with Gasteiger partial charge in [0.1, 0.15) is 5.75 Å². The lowest BCUT2D eigenvalue weighted by molar-refractivity contribution is -0.131. The molecule has 0 saturated carbocycles. The van der Waals surface area contributed by atoms with Crippen LogP contribution in [0.2, 0.25) is 0 Å². The van der Waals surface area contributed by atoms with Gasteiger partial charge < -0.3 is 15.0 Å². The lowest BCUT2D eigenvalue weighted by atomic mass is 10.1. The fourth-order valence-electron chi connectivity index (χ4n) is 2.63. The first-order chi connectivity index (χ1) is 9.24. The Balaban J connectivity index is 1.95. The third-order valence-electron chi connectivity index (χ3n) is 3.65. The standard InChI is InChI=1S/C15H22N2O2/c1-16-11-13-4-3-9-17(13)15(18)10-12-5-7-14(19-2)8-6-12/h5-8,13,16H,3-4,9-11H2,1-2H3. The number of rotatable bonds is 5.